The zero-order valence-electron chi connectivity index (χ0n) is 16.6. The van der Waals surface area contributed by atoms with Crippen molar-refractivity contribution in [2.45, 2.75) is 13.5 Å². The van der Waals surface area contributed by atoms with E-state index in [9.17, 15) is 0 Å². The summed E-state index contributed by atoms with van der Waals surface area (Å²) < 4.78 is 0. The van der Waals surface area contributed by atoms with Gasteiger partial charge in [-0.1, -0.05) is 88.5 Å². The normalized spacial score (nSPS) is 13.2. The first-order chi connectivity index (χ1) is 15.1. The molecule has 0 radical (unpaired) electrons. The van der Waals surface area contributed by atoms with Gasteiger partial charge < -0.3 is 4.84 Å². The lowest BCUT2D eigenvalue weighted by molar-refractivity contribution is 0.131. The molecule has 0 saturated heterocycles. The van der Waals surface area contributed by atoms with Crippen LogP contribution in [0, 0.1) is 6.92 Å². The second-order valence-corrected chi connectivity index (χ2v) is 8.20. The topological polar surface area (TPSA) is 47.4 Å². The number of nitrogens with zero attached hydrogens (tertiary/aromatic N) is 3. The van der Waals surface area contributed by atoms with Crippen molar-refractivity contribution in [2.24, 2.45) is 5.16 Å². The lowest BCUT2D eigenvalue weighted by Crippen LogP contribution is -2.02. The van der Waals surface area contributed by atoms with Gasteiger partial charge in [0.05, 0.1) is 5.69 Å². The van der Waals surface area contributed by atoms with Crippen LogP contribution in [-0.4, -0.2) is 15.9 Å². The predicted octanol–water partition coefficient (Wildman–Crippen LogP) is 6.71. The summed E-state index contributed by atoms with van der Waals surface area (Å²) >= 11 is 12.2. The summed E-state index contributed by atoms with van der Waals surface area (Å²) in [4.78, 5) is 5.71. The number of benzene rings is 3. The van der Waals surface area contributed by atoms with Crippen molar-refractivity contribution in [1.29, 1.82) is 0 Å². The Hall–Kier alpha value is -3.21. The number of aromatic nitrogens is 2. The van der Waals surface area contributed by atoms with Gasteiger partial charge in [-0.25, -0.2) is 0 Å². The highest BCUT2D eigenvalue weighted by molar-refractivity contribution is 6.35. The molecule has 3 aromatic carbocycles. The Morgan fingerprint density at radius 2 is 1.61 bits per heavy atom. The minimum absolute atomic E-state index is 0.236. The van der Waals surface area contributed by atoms with Crippen LogP contribution in [0.2, 0.25) is 10.0 Å². The van der Waals surface area contributed by atoms with Crippen LogP contribution in [0.4, 0.5) is 0 Å². The molecule has 1 aliphatic rings. The number of hydrogen-bond donors (Lipinski definition) is 0. The zero-order chi connectivity index (χ0) is 21.4. The molecule has 0 atom stereocenters. The lowest BCUT2D eigenvalue weighted by Gasteiger charge is -2.06. The van der Waals surface area contributed by atoms with Crippen molar-refractivity contribution in [3.63, 3.8) is 0 Å². The smallest absolute Gasteiger partial charge is 0.143 e. The second-order valence-electron chi connectivity index (χ2n) is 7.35. The summed E-state index contributed by atoms with van der Waals surface area (Å²) in [7, 11) is 0. The third-order valence-corrected chi connectivity index (χ3v) is 5.81. The molecule has 0 N–H and O–H groups in total. The fourth-order valence-corrected chi connectivity index (χ4v) is 4.04. The van der Waals surface area contributed by atoms with E-state index in [4.69, 9.17) is 28.0 Å². The summed E-state index contributed by atoms with van der Waals surface area (Å²) in [6.07, 6.45) is 0. The third kappa shape index (κ3) is 3.80. The molecule has 6 heteroatoms. The monoisotopic (exact) mass is 445 g/mol. The van der Waals surface area contributed by atoms with Gasteiger partial charge in [-0.2, -0.15) is 0 Å². The Balaban J connectivity index is 1.52. The van der Waals surface area contributed by atoms with E-state index in [0.717, 1.165) is 44.9 Å². The maximum atomic E-state index is 6.26. The average Bonchev–Trinajstić information content (AvgIpc) is 3.09. The fraction of sp³-hybridized carbons (Fsp3) is 0.0800. The van der Waals surface area contributed by atoms with Crippen molar-refractivity contribution in [3.05, 3.63) is 105 Å². The number of rotatable bonds is 4. The van der Waals surface area contributed by atoms with Crippen LogP contribution in [0.5, 0.6) is 0 Å². The van der Waals surface area contributed by atoms with Gasteiger partial charge in [-0.15, -0.1) is 10.2 Å². The van der Waals surface area contributed by atoms with Gasteiger partial charge in [0.25, 0.3) is 0 Å². The van der Waals surface area contributed by atoms with E-state index in [1.807, 2.05) is 48.5 Å². The molecule has 0 saturated carbocycles. The van der Waals surface area contributed by atoms with Crippen LogP contribution in [0.25, 0.3) is 22.5 Å². The van der Waals surface area contributed by atoms with Crippen LogP contribution in [0.15, 0.2) is 78.0 Å². The molecule has 0 amide bonds. The van der Waals surface area contributed by atoms with E-state index in [1.165, 1.54) is 5.56 Å². The summed E-state index contributed by atoms with van der Waals surface area (Å²) in [5.74, 6) is 0. The molecular weight excluding hydrogens is 429 g/mol. The summed E-state index contributed by atoms with van der Waals surface area (Å²) in [5.41, 5.74) is 8.20. The lowest BCUT2D eigenvalue weighted by atomic mass is 10.1. The van der Waals surface area contributed by atoms with Gasteiger partial charge in [0, 0.05) is 37.9 Å². The largest absolute Gasteiger partial charge is 0.390 e. The average molecular weight is 446 g/mol. The van der Waals surface area contributed by atoms with Crippen molar-refractivity contribution in [2.75, 3.05) is 0 Å². The second kappa shape index (κ2) is 8.14. The molecular formula is C25H17Cl2N3O. The highest BCUT2D eigenvalue weighted by atomic mass is 35.5. The Kier molecular flexibility index (Phi) is 5.18. The van der Waals surface area contributed by atoms with Crippen LogP contribution in [0.1, 0.15) is 22.3 Å². The Morgan fingerprint density at radius 3 is 2.39 bits per heavy atom. The molecule has 0 spiro atoms. The number of fused-ring (bicyclic) bond motifs is 3. The van der Waals surface area contributed by atoms with E-state index < -0.39 is 0 Å². The molecule has 0 aliphatic heterocycles. The first-order valence-electron chi connectivity index (χ1n) is 9.79. The van der Waals surface area contributed by atoms with Crippen molar-refractivity contribution in [1.82, 2.24) is 10.2 Å². The van der Waals surface area contributed by atoms with Crippen molar-refractivity contribution >= 4 is 28.9 Å². The maximum Gasteiger partial charge on any atom is 0.143 e. The molecule has 0 unspecified atom stereocenters. The van der Waals surface area contributed by atoms with E-state index in [0.29, 0.717) is 10.0 Å². The van der Waals surface area contributed by atoms with Crippen molar-refractivity contribution in [3.8, 4) is 22.5 Å². The van der Waals surface area contributed by atoms with E-state index in [1.54, 1.807) is 12.1 Å². The Labute approximate surface area is 190 Å². The SMILES string of the molecule is Cc1ccc(-c2cc3c(nn2)-c2ccccc2C3=NOCc2ccc(Cl)cc2Cl)cc1. The standard InChI is InChI=1S/C25H17Cl2N3O/c1-15-6-8-16(9-7-15)23-13-21-24(29-28-23)19-4-2-3-5-20(19)25(21)30-31-14-17-10-11-18(26)12-22(17)27/h2-13H,14H2,1H3. The molecule has 152 valence electrons. The molecule has 1 aliphatic carbocycles. The molecule has 1 heterocycles. The van der Waals surface area contributed by atoms with Gasteiger partial charge in [0.1, 0.15) is 18.0 Å². The summed E-state index contributed by atoms with van der Waals surface area (Å²) in [6.45, 7) is 2.30. The minimum Gasteiger partial charge on any atom is -0.390 e. The molecule has 31 heavy (non-hydrogen) atoms. The number of hydrogen-bond acceptors (Lipinski definition) is 4. The van der Waals surface area contributed by atoms with Crippen molar-refractivity contribution < 1.29 is 4.84 Å². The molecule has 0 fully saturated rings. The summed E-state index contributed by atoms with van der Waals surface area (Å²) in [5, 5.41) is 14.6. The molecule has 4 aromatic rings. The maximum absolute atomic E-state index is 6.26. The third-order valence-electron chi connectivity index (χ3n) is 5.22. The molecule has 0 bridgehead atoms. The van der Waals surface area contributed by atoms with Crippen LogP contribution < -0.4 is 0 Å². The fourth-order valence-electron chi connectivity index (χ4n) is 3.58. The number of oxime groups is 1. The number of aryl methyl sites for hydroxylation is 1. The Morgan fingerprint density at radius 1 is 0.839 bits per heavy atom. The zero-order valence-corrected chi connectivity index (χ0v) is 18.2. The quantitative estimate of drug-likeness (QED) is 0.288. The van der Waals surface area contributed by atoms with Gasteiger partial charge >= 0.3 is 0 Å². The van der Waals surface area contributed by atoms with Gasteiger partial charge in [0.15, 0.2) is 0 Å². The Bertz CT molecular complexity index is 1320. The molecule has 5 rings (SSSR count). The first kappa shape index (κ1) is 19.7. The summed E-state index contributed by atoms with van der Waals surface area (Å²) in [6, 6.07) is 23.5. The predicted molar refractivity (Wildman–Crippen MR) is 125 cm³/mol. The minimum atomic E-state index is 0.236. The van der Waals surface area contributed by atoms with Gasteiger partial charge in [0.2, 0.25) is 0 Å². The highest BCUT2D eigenvalue weighted by Crippen LogP contribution is 2.36. The number of halogens is 2. The first-order valence-corrected chi connectivity index (χ1v) is 10.5. The van der Waals surface area contributed by atoms with E-state index in [-0.39, 0.29) is 6.61 Å². The van der Waals surface area contributed by atoms with Gasteiger partial charge in [-0.3, -0.25) is 0 Å². The van der Waals surface area contributed by atoms with Gasteiger partial charge in [-0.05, 0) is 25.1 Å². The molecule has 4 nitrogen and oxygen atoms in total. The van der Waals surface area contributed by atoms with E-state index in [2.05, 4.69) is 34.4 Å². The van der Waals surface area contributed by atoms with Crippen LogP contribution in [0.3, 0.4) is 0 Å². The van der Waals surface area contributed by atoms with Crippen LogP contribution in [-0.2, 0) is 11.4 Å². The van der Waals surface area contributed by atoms with Crippen LogP contribution >= 0.6 is 23.2 Å². The molecule has 1 aromatic heterocycles. The highest BCUT2D eigenvalue weighted by Gasteiger charge is 2.28. The van der Waals surface area contributed by atoms with E-state index >= 15 is 0 Å².